The molecule has 1 unspecified atom stereocenters. The predicted molar refractivity (Wildman–Crippen MR) is 68.4 cm³/mol. The molecule has 0 amide bonds. The molecule has 0 spiro atoms. The van der Waals surface area contributed by atoms with Crippen LogP contribution >= 0.6 is 11.6 Å². The third-order valence-electron chi connectivity index (χ3n) is 2.98. The van der Waals surface area contributed by atoms with Gasteiger partial charge in [0, 0.05) is 24.6 Å². The van der Waals surface area contributed by atoms with Crippen LogP contribution in [0.1, 0.15) is 44.3 Å². The molecule has 5 heteroatoms. The Kier molecular flexibility index (Phi) is 4.18. The van der Waals surface area contributed by atoms with Gasteiger partial charge in [0.2, 0.25) is 0 Å². The molecule has 0 radical (unpaired) electrons. The SMILES string of the molecule is CCC(CCO)Nc1cc(Cl)nc(C2CC2)n1. The zero-order valence-electron chi connectivity index (χ0n) is 9.99. The van der Waals surface area contributed by atoms with E-state index in [0.717, 1.165) is 37.3 Å². The fraction of sp³-hybridized carbons (Fsp3) is 0.667. The highest BCUT2D eigenvalue weighted by Gasteiger charge is 2.27. The van der Waals surface area contributed by atoms with Gasteiger partial charge >= 0.3 is 0 Å². The van der Waals surface area contributed by atoms with E-state index < -0.39 is 0 Å². The summed E-state index contributed by atoms with van der Waals surface area (Å²) < 4.78 is 0. The Bertz CT molecular complexity index is 382. The van der Waals surface area contributed by atoms with Crippen LogP contribution in [0.4, 0.5) is 5.82 Å². The van der Waals surface area contributed by atoms with E-state index >= 15 is 0 Å². The number of hydrogen-bond acceptors (Lipinski definition) is 4. The minimum absolute atomic E-state index is 0.180. The van der Waals surface area contributed by atoms with Gasteiger partial charge in [-0.2, -0.15) is 0 Å². The molecule has 94 valence electrons. The first-order chi connectivity index (χ1) is 8.22. The Morgan fingerprint density at radius 1 is 1.53 bits per heavy atom. The van der Waals surface area contributed by atoms with E-state index in [-0.39, 0.29) is 12.6 Å². The first-order valence-electron chi connectivity index (χ1n) is 6.14. The largest absolute Gasteiger partial charge is 0.396 e. The van der Waals surface area contributed by atoms with E-state index in [2.05, 4.69) is 22.2 Å². The molecule has 1 aromatic rings. The number of hydrogen-bond donors (Lipinski definition) is 2. The van der Waals surface area contributed by atoms with Crippen LogP contribution in [0.2, 0.25) is 5.15 Å². The van der Waals surface area contributed by atoms with Gasteiger partial charge in [0.15, 0.2) is 0 Å². The van der Waals surface area contributed by atoms with Gasteiger partial charge < -0.3 is 10.4 Å². The van der Waals surface area contributed by atoms with Crippen molar-refractivity contribution in [3.63, 3.8) is 0 Å². The zero-order valence-corrected chi connectivity index (χ0v) is 10.7. The molecule has 0 aromatic carbocycles. The lowest BCUT2D eigenvalue weighted by atomic mass is 10.1. The second-order valence-corrected chi connectivity index (χ2v) is 4.86. The highest BCUT2D eigenvalue weighted by atomic mass is 35.5. The molecule has 1 atom stereocenters. The zero-order chi connectivity index (χ0) is 12.3. The van der Waals surface area contributed by atoms with Crippen molar-refractivity contribution in [3.8, 4) is 0 Å². The van der Waals surface area contributed by atoms with Gasteiger partial charge in [-0.3, -0.25) is 0 Å². The lowest BCUT2D eigenvalue weighted by Gasteiger charge is -2.16. The minimum Gasteiger partial charge on any atom is -0.396 e. The van der Waals surface area contributed by atoms with E-state index in [1.165, 1.54) is 0 Å². The average Bonchev–Trinajstić information content (AvgIpc) is 3.11. The van der Waals surface area contributed by atoms with Crippen LogP contribution in [0.3, 0.4) is 0 Å². The van der Waals surface area contributed by atoms with Crippen molar-refractivity contribution in [1.82, 2.24) is 9.97 Å². The molecule has 1 aliphatic rings. The number of aliphatic hydroxyl groups is 1. The second kappa shape index (κ2) is 5.65. The number of anilines is 1. The molecule has 0 bridgehead atoms. The number of nitrogens with one attached hydrogen (secondary N) is 1. The maximum atomic E-state index is 8.95. The van der Waals surface area contributed by atoms with Gasteiger partial charge in [-0.05, 0) is 25.7 Å². The highest BCUT2D eigenvalue weighted by molar-refractivity contribution is 6.29. The predicted octanol–water partition coefficient (Wildman–Crippen LogP) is 2.58. The first kappa shape index (κ1) is 12.6. The number of aliphatic hydroxyl groups excluding tert-OH is 1. The second-order valence-electron chi connectivity index (χ2n) is 4.47. The summed E-state index contributed by atoms with van der Waals surface area (Å²) in [6.45, 7) is 2.26. The Morgan fingerprint density at radius 3 is 2.88 bits per heavy atom. The van der Waals surface area contributed by atoms with Crippen molar-refractivity contribution < 1.29 is 5.11 Å². The maximum Gasteiger partial charge on any atom is 0.135 e. The lowest BCUT2D eigenvalue weighted by Crippen LogP contribution is -2.21. The highest BCUT2D eigenvalue weighted by Crippen LogP contribution is 2.38. The van der Waals surface area contributed by atoms with Gasteiger partial charge in [0.05, 0.1) is 0 Å². The molecule has 1 fully saturated rings. The normalized spacial score (nSPS) is 16.9. The standard InChI is InChI=1S/C12H18ClN3O/c1-2-9(5-6-17)14-11-7-10(13)15-12(16-11)8-3-4-8/h7-9,17H,2-6H2,1H3,(H,14,15,16). The smallest absolute Gasteiger partial charge is 0.135 e. The summed E-state index contributed by atoms with van der Waals surface area (Å²) in [6.07, 6.45) is 3.99. The number of halogens is 1. The van der Waals surface area contributed by atoms with E-state index in [1.54, 1.807) is 6.07 Å². The molecule has 0 aliphatic heterocycles. The Balaban J connectivity index is 2.08. The topological polar surface area (TPSA) is 58.0 Å². The van der Waals surface area contributed by atoms with Crippen LogP contribution in [-0.2, 0) is 0 Å². The van der Waals surface area contributed by atoms with Crippen LogP contribution < -0.4 is 5.32 Å². The van der Waals surface area contributed by atoms with Crippen LogP contribution in [0.15, 0.2) is 6.07 Å². The Labute approximate surface area is 106 Å². The van der Waals surface area contributed by atoms with Crippen molar-refractivity contribution in [2.45, 2.75) is 44.6 Å². The summed E-state index contributed by atoms with van der Waals surface area (Å²) in [4.78, 5) is 8.72. The quantitative estimate of drug-likeness (QED) is 0.767. The van der Waals surface area contributed by atoms with Crippen molar-refractivity contribution >= 4 is 17.4 Å². The summed E-state index contributed by atoms with van der Waals surface area (Å²) >= 11 is 5.99. The molecule has 1 saturated carbocycles. The Morgan fingerprint density at radius 2 is 2.29 bits per heavy atom. The van der Waals surface area contributed by atoms with Crippen LogP contribution in [0, 0.1) is 0 Å². The molecule has 1 aromatic heterocycles. The number of rotatable bonds is 6. The van der Waals surface area contributed by atoms with Crippen molar-refractivity contribution in [3.05, 3.63) is 17.0 Å². The molecule has 2 rings (SSSR count). The lowest BCUT2D eigenvalue weighted by molar-refractivity contribution is 0.278. The van der Waals surface area contributed by atoms with Crippen molar-refractivity contribution in [2.75, 3.05) is 11.9 Å². The minimum atomic E-state index is 0.180. The van der Waals surface area contributed by atoms with Gasteiger partial charge in [0.25, 0.3) is 0 Å². The van der Waals surface area contributed by atoms with Crippen LogP contribution in [0.25, 0.3) is 0 Å². The van der Waals surface area contributed by atoms with E-state index in [4.69, 9.17) is 16.7 Å². The first-order valence-corrected chi connectivity index (χ1v) is 6.52. The monoisotopic (exact) mass is 255 g/mol. The summed E-state index contributed by atoms with van der Waals surface area (Å²) in [6, 6.07) is 1.98. The number of nitrogens with zero attached hydrogens (tertiary/aromatic N) is 2. The van der Waals surface area contributed by atoms with Crippen LogP contribution in [-0.4, -0.2) is 27.7 Å². The average molecular weight is 256 g/mol. The summed E-state index contributed by atoms with van der Waals surface area (Å²) in [5, 5.41) is 12.7. The third-order valence-corrected chi connectivity index (χ3v) is 3.17. The molecule has 4 nitrogen and oxygen atoms in total. The van der Waals surface area contributed by atoms with Gasteiger partial charge in [-0.15, -0.1) is 0 Å². The molecule has 0 saturated heterocycles. The molecular weight excluding hydrogens is 238 g/mol. The fourth-order valence-corrected chi connectivity index (χ4v) is 1.97. The summed E-state index contributed by atoms with van der Waals surface area (Å²) in [5.74, 6) is 2.11. The molecule has 17 heavy (non-hydrogen) atoms. The van der Waals surface area contributed by atoms with Gasteiger partial charge in [-0.1, -0.05) is 18.5 Å². The van der Waals surface area contributed by atoms with E-state index in [0.29, 0.717) is 11.1 Å². The number of aromatic nitrogens is 2. The summed E-state index contributed by atoms with van der Waals surface area (Å²) in [5.41, 5.74) is 0. The van der Waals surface area contributed by atoms with Gasteiger partial charge in [0.1, 0.15) is 16.8 Å². The molecule has 2 N–H and O–H groups in total. The Hall–Kier alpha value is -0.870. The van der Waals surface area contributed by atoms with E-state index in [1.807, 2.05) is 0 Å². The van der Waals surface area contributed by atoms with Gasteiger partial charge in [-0.25, -0.2) is 9.97 Å². The van der Waals surface area contributed by atoms with Crippen LogP contribution in [0.5, 0.6) is 0 Å². The fourth-order valence-electron chi connectivity index (χ4n) is 1.78. The molecule has 1 aliphatic carbocycles. The van der Waals surface area contributed by atoms with Crippen molar-refractivity contribution in [2.24, 2.45) is 0 Å². The van der Waals surface area contributed by atoms with Crippen molar-refractivity contribution in [1.29, 1.82) is 0 Å². The molecule has 1 heterocycles. The maximum absolute atomic E-state index is 8.95. The molecular formula is C12H18ClN3O. The van der Waals surface area contributed by atoms with E-state index in [9.17, 15) is 0 Å². The third kappa shape index (κ3) is 3.54. The summed E-state index contributed by atoms with van der Waals surface area (Å²) in [7, 11) is 0.